The standard InChI is InChI=1S/C26H23N7O/c1-3-24(34)32-16-26(17-32)14-31(15-26)22-6-4-18(5-7-22)23-8-19(21-11-28-30(2)12-21)13-33-25(23)20(9-27)10-29-33/h3-8,10-13H,1,14-17H2,2H3. The Labute approximate surface area is 196 Å². The number of pyridine rings is 1. The van der Waals surface area contributed by atoms with Gasteiger partial charge in [0.2, 0.25) is 5.91 Å². The molecule has 8 heteroatoms. The van der Waals surface area contributed by atoms with Crippen LogP contribution in [0.25, 0.3) is 27.8 Å². The van der Waals surface area contributed by atoms with Crippen LogP contribution < -0.4 is 4.90 Å². The van der Waals surface area contributed by atoms with Crippen LogP contribution in [0, 0.1) is 16.7 Å². The molecule has 0 radical (unpaired) electrons. The number of rotatable bonds is 4. The molecule has 2 saturated heterocycles. The number of amides is 1. The van der Waals surface area contributed by atoms with Gasteiger partial charge in [-0.3, -0.25) is 9.48 Å². The summed E-state index contributed by atoms with van der Waals surface area (Å²) in [5.74, 6) is 0.0184. The predicted octanol–water partition coefficient (Wildman–Crippen LogP) is 3.11. The predicted molar refractivity (Wildman–Crippen MR) is 129 cm³/mol. The lowest BCUT2D eigenvalue weighted by molar-refractivity contribution is -0.139. The van der Waals surface area contributed by atoms with Gasteiger partial charge in [-0.15, -0.1) is 0 Å². The van der Waals surface area contributed by atoms with Crippen LogP contribution in [0.4, 0.5) is 5.69 Å². The molecular weight excluding hydrogens is 426 g/mol. The maximum atomic E-state index is 11.7. The van der Waals surface area contributed by atoms with Crippen molar-refractivity contribution in [3.05, 3.63) is 73.3 Å². The number of benzene rings is 1. The van der Waals surface area contributed by atoms with Gasteiger partial charge in [0.1, 0.15) is 6.07 Å². The first-order valence-electron chi connectivity index (χ1n) is 11.2. The zero-order chi connectivity index (χ0) is 23.4. The van der Waals surface area contributed by atoms with Crippen molar-refractivity contribution in [1.29, 1.82) is 5.26 Å². The number of aromatic nitrogens is 4. The highest BCUT2D eigenvalue weighted by atomic mass is 16.2. The van der Waals surface area contributed by atoms with Crippen LogP contribution in [0.15, 0.2) is 67.8 Å². The van der Waals surface area contributed by atoms with Crippen molar-refractivity contribution in [2.75, 3.05) is 31.1 Å². The van der Waals surface area contributed by atoms with Crippen molar-refractivity contribution in [3.8, 4) is 28.3 Å². The summed E-state index contributed by atoms with van der Waals surface area (Å²) in [5, 5.41) is 18.3. The van der Waals surface area contributed by atoms with E-state index in [4.69, 9.17) is 0 Å². The third kappa shape index (κ3) is 3.09. The van der Waals surface area contributed by atoms with E-state index in [9.17, 15) is 10.1 Å². The Hall–Kier alpha value is -4.38. The Bertz CT molecular complexity index is 1470. The van der Waals surface area contributed by atoms with Crippen molar-refractivity contribution in [1.82, 2.24) is 24.3 Å². The zero-order valence-corrected chi connectivity index (χ0v) is 18.8. The lowest BCUT2D eigenvalue weighted by atomic mass is 9.72. The number of fused-ring (bicyclic) bond motifs is 1. The van der Waals surface area contributed by atoms with E-state index in [0.717, 1.165) is 59.6 Å². The highest BCUT2D eigenvalue weighted by Gasteiger charge is 2.52. The number of likely N-dealkylation sites (tertiary alicyclic amines) is 1. The molecular formula is C26H23N7O. The Kier molecular flexibility index (Phi) is 4.36. The Morgan fingerprint density at radius 3 is 2.47 bits per heavy atom. The second kappa shape index (κ2) is 7.32. The molecule has 1 amide bonds. The molecule has 2 fully saturated rings. The molecule has 0 atom stereocenters. The van der Waals surface area contributed by atoms with Gasteiger partial charge in [0, 0.05) is 73.4 Å². The van der Waals surface area contributed by atoms with Gasteiger partial charge in [0.15, 0.2) is 0 Å². The Morgan fingerprint density at radius 2 is 1.82 bits per heavy atom. The summed E-state index contributed by atoms with van der Waals surface area (Å²) < 4.78 is 3.54. The van der Waals surface area contributed by atoms with E-state index >= 15 is 0 Å². The first-order chi connectivity index (χ1) is 16.5. The largest absolute Gasteiger partial charge is 0.370 e. The number of nitrogens with zero attached hydrogens (tertiary/aromatic N) is 7. The molecule has 5 heterocycles. The molecule has 0 saturated carbocycles. The number of carbonyl (C=O) groups is 1. The van der Waals surface area contributed by atoms with Crippen molar-refractivity contribution < 1.29 is 4.79 Å². The minimum atomic E-state index is 0.0184. The van der Waals surface area contributed by atoms with Crippen LogP contribution in [0.1, 0.15) is 5.56 Å². The van der Waals surface area contributed by atoms with Gasteiger partial charge in [-0.2, -0.15) is 15.5 Å². The molecule has 1 aromatic carbocycles. The summed E-state index contributed by atoms with van der Waals surface area (Å²) in [6.07, 6.45) is 8.72. The average Bonchev–Trinajstić information content (AvgIpc) is 3.42. The van der Waals surface area contributed by atoms with Gasteiger partial charge >= 0.3 is 0 Å². The fourth-order valence-electron chi connectivity index (χ4n) is 5.20. The molecule has 3 aromatic heterocycles. The number of aryl methyl sites for hydroxylation is 1. The maximum Gasteiger partial charge on any atom is 0.245 e. The van der Waals surface area contributed by atoms with Crippen LogP contribution in [0.3, 0.4) is 0 Å². The van der Waals surface area contributed by atoms with Gasteiger partial charge in [-0.1, -0.05) is 18.7 Å². The van der Waals surface area contributed by atoms with Crippen LogP contribution in [-0.4, -0.2) is 56.4 Å². The molecule has 1 spiro atoms. The highest BCUT2D eigenvalue weighted by Crippen LogP contribution is 2.42. The number of nitriles is 1. The number of hydrogen-bond acceptors (Lipinski definition) is 5. The summed E-state index contributed by atoms with van der Waals surface area (Å²) in [7, 11) is 1.89. The van der Waals surface area contributed by atoms with Crippen LogP contribution in [0.5, 0.6) is 0 Å². The first kappa shape index (κ1) is 20.2. The summed E-state index contributed by atoms with van der Waals surface area (Å²) in [6.45, 7) is 7.10. The fourth-order valence-corrected chi connectivity index (χ4v) is 5.20. The van der Waals surface area contributed by atoms with Crippen LogP contribution in [-0.2, 0) is 11.8 Å². The molecule has 0 bridgehead atoms. The summed E-state index contributed by atoms with van der Waals surface area (Å²) in [6, 6.07) is 12.8. The molecule has 6 rings (SSSR count). The molecule has 0 N–H and O–H groups in total. The van der Waals surface area contributed by atoms with Gasteiger partial charge < -0.3 is 9.80 Å². The van der Waals surface area contributed by atoms with E-state index in [2.05, 4.69) is 58.1 Å². The lowest BCUT2D eigenvalue weighted by Crippen LogP contribution is -2.73. The van der Waals surface area contributed by atoms with Crippen LogP contribution >= 0.6 is 0 Å². The molecule has 2 aliphatic rings. The lowest BCUT2D eigenvalue weighted by Gasteiger charge is -2.60. The minimum Gasteiger partial charge on any atom is -0.370 e. The molecule has 2 aliphatic heterocycles. The molecule has 0 aliphatic carbocycles. The van der Waals surface area contributed by atoms with Crippen molar-refractivity contribution >= 4 is 17.1 Å². The SMILES string of the molecule is C=CC(=O)N1CC2(C1)CN(c1ccc(-c3cc(-c4cnn(C)c4)cn4ncc(C#N)c34)cc1)C2. The van der Waals surface area contributed by atoms with E-state index in [1.807, 2.05) is 30.5 Å². The van der Waals surface area contributed by atoms with Crippen molar-refractivity contribution in [2.24, 2.45) is 12.5 Å². The molecule has 0 unspecified atom stereocenters. The third-order valence-electron chi connectivity index (χ3n) is 6.91. The number of hydrogen-bond donors (Lipinski definition) is 0. The van der Waals surface area contributed by atoms with Gasteiger partial charge in [-0.25, -0.2) is 4.52 Å². The zero-order valence-electron chi connectivity index (χ0n) is 18.8. The maximum absolute atomic E-state index is 11.7. The monoisotopic (exact) mass is 449 g/mol. The van der Waals surface area contributed by atoms with Gasteiger partial charge in [0.25, 0.3) is 0 Å². The summed E-state index contributed by atoms with van der Waals surface area (Å²) in [4.78, 5) is 15.9. The fraction of sp³-hybridized carbons (Fsp3) is 0.231. The average molecular weight is 450 g/mol. The molecule has 168 valence electrons. The van der Waals surface area contributed by atoms with Crippen molar-refractivity contribution in [3.63, 3.8) is 0 Å². The topological polar surface area (TPSA) is 82.5 Å². The summed E-state index contributed by atoms with van der Waals surface area (Å²) >= 11 is 0. The third-order valence-corrected chi connectivity index (χ3v) is 6.91. The summed E-state index contributed by atoms with van der Waals surface area (Å²) in [5.41, 5.74) is 6.69. The second-order valence-corrected chi connectivity index (χ2v) is 9.31. The number of anilines is 1. The highest BCUT2D eigenvalue weighted by molar-refractivity contribution is 5.89. The quantitative estimate of drug-likeness (QED) is 0.447. The normalized spacial score (nSPS) is 16.2. The van der Waals surface area contributed by atoms with Crippen LogP contribution in [0.2, 0.25) is 0 Å². The number of carbonyl (C=O) groups excluding carboxylic acids is 1. The molecule has 8 nitrogen and oxygen atoms in total. The molecule has 4 aromatic rings. The van der Waals surface area contributed by atoms with E-state index < -0.39 is 0 Å². The molecule has 34 heavy (non-hydrogen) atoms. The van der Waals surface area contributed by atoms with E-state index in [-0.39, 0.29) is 11.3 Å². The van der Waals surface area contributed by atoms with Gasteiger partial charge in [0.05, 0.1) is 23.5 Å². The second-order valence-electron chi connectivity index (χ2n) is 9.31. The van der Waals surface area contributed by atoms with E-state index in [1.54, 1.807) is 15.4 Å². The Morgan fingerprint density at radius 1 is 1.06 bits per heavy atom. The minimum absolute atomic E-state index is 0.0184. The van der Waals surface area contributed by atoms with E-state index in [1.165, 1.54) is 6.08 Å². The first-order valence-corrected chi connectivity index (χ1v) is 11.2. The Balaban J connectivity index is 1.29. The van der Waals surface area contributed by atoms with Gasteiger partial charge in [-0.05, 0) is 29.8 Å². The van der Waals surface area contributed by atoms with E-state index in [0.29, 0.717) is 5.56 Å². The van der Waals surface area contributed by atoms with Crippen molar-refractivity contribution in [2.45, 2.75) is 0 Å². The smallest absolute Gasteiger partial charge is 0.245 e.